The fourth-order valence-corrected chi connectivity index (χ4v) is 2.00. The summed E-state index contributed by atoms with van der Waals surface area (Å²) in [5.41, 5.74) is -2.26. The van der Waals surface area contributed by atoms with Crippen LogP contribution in [0.4, 0.5) is 17.6 Å². The number of ketones is 1. The first kappa shape index (κ1) is 14.5. The number of carbonyl (C=O) groups excluding carboxylic acids is 1. The Hall–Kier alpha value is -1.89. The highest BCUT2D eigenvalue weighted by molar-refractivity contribution is 6.34. The van der Waals surface area contributed by atoms with Crippen molar-refractivity contribution in [2.75, 3.05) is 0 Å². The van der Waals surface area contributed by atoms with E-state index in [2.05, 4.69) is 5.10 Å². The molecule has 0 bridgehead atoms. The summed E-state index contributed by atoms with van der Waals surface area (Å²) in [5.74, 6) is -1.98. The Morgan fingerprint density at radius 2 is 2.00 bits per heavy atom. The van der Waals surface area contributed by atoms with E-state index in [0.717, 1.165) is 10.9 Å². The monoisotopic (exact) mass is 306 g/mol. The molecule has 0 radical (unpaired) electrons. The van der Waals surface area contributed by atoms with Crippen LogP contribution in [-0.2, 0) is 13.2 Å². The Morgan fingerprint density at radius 3 is 2.50 bits per heavy atom. The molecule has 0 aliphatic carbocycles. The first-order valence-electron chi connectivity index (χ1n) is 5.30. The number of alkyl halides is 3. The lowest BCUT2D eigenvalue weighted by atomic mass is 10.0. The number of aromatic nitrogens is 2. The van der Waals surface area contributed by atoms with Crippen molar-refractivity contribution in [3.05, 3.63) is 52.1 Å². The van der Waals surface area contributed by atoms with Crippen LogP contribution in [0, 0.1) is 5.82 Å². The molecule has 1 aromatic carbocycles. The molecule has 0 aliphatic heterocycles. The topological polar surface area (TPSA) is 34.9 Å². The summed E-state index contributed by atoms with van der Waals surface area (Å²) in [6.45, 7) is 0. The fourth-order valence-electron chi connectivity index (χ4n) is 1.75. The molecule has 2 aromatic rings. The minimum absolute atomic E-state index is 0.102. The van der Waals surface area contributed by atoms with E-state index in [1.807, 2.05) is 0 Å². The summed E-state index contributed by atoms with van der Waals surface area (Å²) >= 11 is 5.72. The van der Waals surface area contributed by atoms with Crippen molar-refractivity contribution in [3.63, 3.8) is 0 Å². The molecule has 0 N–H and O–H groups in total. The predicted octanol–water partition coefficient (Wildman–Crippen LogP) is 3.46. The Morgan fingerprint density at radius 1 is 1.35 bits per heavy atom. The average molecular weight is 307 g/mol. The van der Waals surface area contributed by atoms with Crippen LogP contribution >= 0.6 is 11.6 Å². The molecule has 1 aromatic heterocycles. The van der Waals surface area contributed by atoms with Crippen molar-refractivity contribution in [2.24, 2.45) is 7.05 Å². The highest BCUT2D eigenvalue weighted by Gasteiger charge is 2.36. The Bertz CT molecular complexity index is 659. The molecule has 20 heavy (non-hydrogen) atoms. The SMILES string of the molecule is Cn1ncc(Cl)c1C(=O)c1cc(F)ccc1C(F)(F)F. The third kappa shape index (κ3) is 2.53. The van der Waals surface area contributed by atoms with Gasteiger partial charge in [0.2, 0.25) is 5.78 Å². The van der Waals surface area contributed by atoms with Crippen molar-refractivity contribution in [3.8, 4) is 0 Å². The third-order valence-electron chi connectivity index (χ3n) is 2.64. The van der Waals surface area contributed by atoms with Crippen molar-refractivity contribution in [1.29, 1.82) is 0 Å². The summed E-state index contributed by atoms with van der Waals surface area (Å²) < 4.78 is 52.8. The zero-order chi connectivity index (χ0) is 15.1. The van der Waals surface area contributed by atoms with Gasteiger partial charge in [-0.1, -0.05) is 11.6 Å². The van der Waals surface area contributed by atoms with Crippen LogP contribution < -0.4 is 0 Å². The molecule has 0 saturated carbocycles. The number of halogens is 5. The van der Waals surface area contributed by atoms with Crippen LogP contribution in [0.5, 0.6) is 0 Å². The third-order valence-corrected chi connectivity index (χ3v) is 2.92. The molecular weight excluding hydrogens is 300 g/mol. The molecule has 0 aliphatic rings. The number of carbonyl (C=O) groups is 1. The van der Waals surface area contributed by atoms with Crippen molar-refractivity contribution in [2.45, 2.75) is 6.18 Å². The van der Waals surface area contributed by atoms with E-state index in [0.29, 0.717) is 18.2 Å². The van der Waals surface area contributed by atoms with Crippen molar-refractivity contribution < 1.29 is 22.4 Å². The normalized spacial score (nSPS) is 11.7. The summed E-state index contributed by atoms with van der Waals surface area (Å²) in [5, 5.41) is 3.56. The molecule has 0 amide bonds. The Labute approximate surface area is 115 Å². The smallest absolute Gasteiger partial charge is 0.287 e. The summed E-state index contributed by atoms with van der Waals surface area (Å²) in [7, 11) is 1.35. The van der Waals surface area contributed by atoms with Crippen molar-refractivity contribution in [1.82, 2.24) is 9.78 Å². The van der Waals surface area contributed by atoms with Crippen LogP contribution in [0.15, 0.2) is 24.4 Å². The Kier molecular flexibility index (Phi) is 3.56. The van der Waals surface area contributed by atoms with Crippen LogP contribution in [0.2, 0.25) is 5.02 Å². The second-order valence-corrected chi connectivity index (χ2v) is 4.39. The van der Waals surface area contributed by atoms with Gasteiger partial charge in [0.1, 0.15) is 11.5 Å². The lowest BCUT2D eigenvalue weighted by Crippen LogP contribution is -2.16. The molecule has 3 nitrogen and oxygen atoms in total. The quantitative estimate of drug-likeness (QED) is 0.629. The fraction of sp³-hybridized carbons (Fsp3) is 0.167. The van der Waals surface area contributed by atoms with Gasteiger partial charge >= 0.3 is 6.18 Å². The number of aryl methyl sites for hydroxylation is 1. The maximum absolute atomic E-state index is 13.2. The molecule has 0 saturated heterocycles. The highest BCUT2D eigenvalue weighted by atomic mass is 35.5. The van der Waals surface area contributed by atoms with Gasteiger partial charge in [-0.2, -0.15) is 18.3 Å². The maximum Gasteiger partial charge on any atom is 0.417 e. The van der Waals surface area contributed by atoms with Crippen LogP contribution in [-0.4, -0.2) is 15.6 Å². The number of hydrogen-bond donors (Lipinski definition) is 0. The summed E-state index contributed by atoms with van der Waals surface area (Å²) in [6.07, 6.45) is -3.65. The van der Waals surface area contributed by atoms with Gasteiger partial charge in [-0.3, -0.25) is 9.48 Å². The first-order valence-corrected chi connectivity index (χ1v) is 5.68. The van der Waals surface area contributed by atoms with Crippen LogP contribution in [0.1, 0.15) is 21.6 Å². The van der Waals surface area contributed by atoms with E-state index >= 15 is 0 Å². The average Bonchev–Trinajstić information content (AvgIpc) is 2.66. The van der Waals surface area contributed by atoms with Crippen molar-refractivity contribution >= 4 is 17.4 Å². The Balaban J connectivity index is 2.63. The van der Waals surface area contributed by atoms with Gasteiger partial charge in [-0.25, -0.2) is 4.39 Å². The lowest BCUT2D eigenvalue weighted by Gasteiger charge is -2.12. The maximum atomic E-state index is 13.2. The molecule has 106 valence electrons. The van der Waals surface area contributed by atoms with Gasteiger partial charge in [-0.15, -0.1) is 0 Å². The van der Waals surface area contributed by atoms with E-state index in [1.54, 1.807) is 0 Å². The van der Waals surface area contributed by atoms with Gasteiger partial charge in [0.25, 0.3) is 0 Å². The van der Waals surface area contributed by atoms with Gasteiger partial charge in [-0.05, 0) is 18.2 Å². The molecule has 0 atom stereocenters. The molecule has 0 spiro atoms. The standard InChI is InChI=1S/C12H7ClF4N2O/c1-19-10(9(13)5-18-19)11(20)7-4-6(14)2-3-8(7)12(15,16)17/h2-5H,1H3. The second kappa shape index (κ2) is 4.90. The molecule has 1 heterocycles. The minimum atomic E-state index is -4.77. The van der Waals surface area contributed by atoms with Gasteiger partial charge in [0.15, 0.2) is 0 Å². The van der Waals surface area contributed by atoms with Gasteiger partial charge < -0.3 is 0 Å². The number of benzene rings is 1. The molecule has 8 heteroatoms. The summed E-state index contributed by atoms with van der Waals surface area (Å²) in [6, 6.07) is 1.70. The largest absolute Gasteiger partial charge is 0.417 e. The molecule has 2 rings (SSSR count). The molecular formula is C12H7ClF4N2O. The molecule has 0 unspecified atom stereocenters. The zero-order valence-electron chi connectivity index (χ0n) is 10.0. The van der Waals surface area contributed by atoms with Gasteiger partial charge in [0, 0.05) is 12.6 Å². The van der Waals surface area contributed by atoms with E-state index in [9.17, 15) is 22.4 Å². The number of nitrogens with zero attached hydrogens (tertiary/aromatic N) is 2. The highest BCUT2D eigenvalue weighted by Crippen LogP contribution is 2.34. The lowest BCUT2D eigenvalue weighted by molar-refractivity contribution is -0.137. The van der Waals surface area contributed by atoms with E-state index in [-0.39, 0.29) is 10.7 Å². The summed E-state index contributed by atoms with van der Waals surface area (Å²) in [4.78, 5) is 12.2. The zero-order valence-corrected chi connectivity index (χ0v) is 10.8. The number of hydrogen-bond acceptors (Lipinski definition) is 2. The van der Waals surface area contributed by atoms with E-state index in [4.69, 9.17) is 11.6 Å². The van der Waals surface area contributed by atoms with Gasteiger partial charge in [0.05, 0.1) is 16.8 Å². The van der Waals surface area contributed by atoms with E-state index < -0.39 is 28.9 Å². The second-order valence-electron chi connectivity index (χ2n) is 3.98. The number of rotatable bonds is 2. The molecule has 0 fully saturated rings. The van der Waals surface area contributed by atoms with Crippen LogP contribution in [0.3, 0.4) is 0 Å². The first-order chi connectivity index (χ1) is 9.21. The predicted molar refractivity (Wildman–Crippen MR) is 63.1 cm³/mol. The minimum Gasteiger partial charge on any atom is -0.287 e. The van der Waals surface area contributed by atoms with E-state index in [1.165, 1.54) is 7.05 Å². The van der Waals surface area contributed by atoms with Crippen LogP contribution in [0.25, 0.3) is 0 Å².